The van der Waals surface area contributed by atoms with Crippen molar-refractivity contribution in [3.05, 3.63) is 59.1 Å². The van der Waals surface area contributed by atoms with Crippen LogP contribution in [-0.2, 0) is 6.54 Å². The number of carbonyl (C=O) groups excluding carboxylic acids is 1. The minimum absolute atomic E-state index is 0.0350. The SMILES string of the molecule is COc1ccc2c(c1)nc(Cl)n2CC(=O)c1ccc(F)cc1. The van der Waals surface area contributed by atoms with Gasteiger partial charge in [0.1, 0.15) is 11.6 Å². The van der Waals surface area contributed by atoms with Crippen LogP contribution in [0.15, 0.2) is 42.5 Å². The molecule has 0 fully saturated rings. The molecule has 0 atom stereocenters. The van der Waals surface area contributed by atoms with Crippen LogP contribution >= 0.6 is 11.6 Å². The fourth-order valence-electron chi connectivity index (χ4n) is 2.23. The number of methoxy groups -OCH3 is 1. The van der Waals surface area contributed by atoms with Gasteiger partial charge in [0.25, 0.3) is 0 Å². The highest BCUT2D eigenvalue weighted by atomic mass is 35.5. The van der Waals surface area contributed by atoms with Crippen LogP contribution < -0.4 is 4.74 Å². The van der Waals surface area contributed by atoms with Gasteiger partial charge in [-0.25, -0.2) is 9.37 Å². The van der Waals surface area contributed by atoms with Crippen molar-refractivity contribution in [1.82, 2.24) is 9.55 Å². The monoisotopic (exact) mass is 318 g/mol. The summed E-state index contributed by atoms with van der Waals surface area (Å²) in [6, 6.07) is 10.7. The number of fused-ring (bicyclic) bond motifs is 1. The Balaban J connectivity index is 1.94. The molecule has 0 amide bonds. The first-order valence-electron chi connectivity index (χ1n) is 6.57. The summed E-state index contributed by atoms with van der Waals surface area (Å²) in [7, 11) is 1.57. The quantitative estimate of drug-likeness (QED) is 0.689. The van der Waals surface area contributed by atoms with Crippen molar-refractivity contribution in [3.63, 3.8) is 0 Å². The topological polar surface area (TPSA) is 44.1 Å². The molecule has 112 valence electrons. The lowest BCUT2D eigenvalue weighted by atomic mass is 10.1. The van der Waals surface area contributed by atoms with Crippen molar-refractivity contribution in [2.45, 2.75) is 6.54 Å². The zero-order valence-electron chi connectivity index (χ0n) is 11.7. The molecular weight excluding hydrogens is 307 g/mol. The number of aromatic nitrogens is 2. The second kappa shape index (κ2) is 5.77. The highest BCUT2D eigenvalue weighted by Gasteiger charge is 2.14. The molecule has 0 N–H and O–H groups in total. The van der Waals surface area contributed by atoms with Gasteiger partial charge in [0, 0.05) is 11.6 Å². The molecule has 0 aliphatic heterocycles. The molecule has 1 aromatic heterocycles. The maximum Gasteiger partial charge on any atom is 0.204 e. The number of Topliss-reactive ketones (excluding diaryl/α,β-unsaturated/α-hetero) is 1. The number of ether oxygens (including phenoxy) is 1. The number of benzene rings is 2. The number of hydrogen-bond donors (Lipinski definition) is 0. The summed E-state index contributed by atoms with van der Waals surface area (Å²) in [6.45, 7) is 0.0350. The third-order valence-corrected chi connectivity index (χ3v) is 3.67. The maximum atomic E-state index is 12.9. The van der Waals surface area contributed by atoms with E-state index in [1.54, 1.807) is 29.9 Å². The second-order valence-electron chi connectivity index (χ2n) is 4.75. The molecule has 6 heteroatoms. The van der Waals surface area contributed by atoms with Crippen LogP contribution in [-0.4, -0.2) is 22.4 Å². The van der Waals surface area contributed by atoms with Crippen LogP contribution in [0, 0.1) is 5.82 Å². The summed E-state index contributed by atoms with van der Waals surface area (Å²) in [5.41, 5.74) is 1.81. The molecule has 0 aliphatic rings. The number of rotatable bonds is 4. The van der Waals surface area contributed by atoms with Gasteiger partial charge in [-0.15, -0.1) is 0 Å². The van der Waals surface area contributed by atoms with Crippen molar-refractivity contribution >= 4 is 28.4 Å². The van der Waals surface area contributed by atoms with Gasteiger partial charge in [-0.2, -0.15) is 0 Å². The molecule has 0 radical (unpaired) electrons. The predicted octanol–water partition coefficient (Wildman–Crippen LogP) is 3.72. The Morgan fingerprint density at radius 3 is 2.68 bits per heavy atom. The van der Waals surface area contributed by atoms with Crippen LogP contribution in [0.4, 0.5) is 4.39 Å². The van der Waals surface area contributed by atoms with Crippen molar-refractivity contribution < 1.29 is 13.9 Å². The minimum Gasteiger partial charge on any atom is -0.497 e. The van der Waals surface area contributed by atoms with Gasteiger partial charge in [0.2, 0.25) is 5.28 Å². The molecule has 0 saturated heterocycles. The van der Waals surface area contributed by atoms with Gasteiger partial charge in [-0.1, -0.05) is 0 Å². The molecule has 0 saturated carbocycles. The van der Waals surface area contributed by atoms with Crippen molar-refractivity contribution in [2.75, 3.05) is 7.11 Å². The van der Waals surface area contributed by atoms with E-state index in [1.807, 2.05) is 0 Å². The molecule has 3 rings (SSSR count). The van der Waals surface area contributed by atoms with Gasteiger partial charge < -0.3 is 9.30 Å². The first-order chi connectivity index (χ1) is 10.6. The van der Waals surface area contributed by atoms with E-state index >= 15 is 0 Å². The first-order valence-corrected chi connectivity index (χ1v) is 6.95. The van der Waals surface area contributed by atoms with Crippen molar-refractivity contribution in [2.24, 2.45) is 0 Å². The summed E-state index contributed by atoms with van der Waals surface area (Å²) in [4.78, 5) is 16.5. The number of nitrogens with zero attached hydrogens (tertiary/aromatic N) is 2. The average Bonchev–Trinajstić information content (AvgIpc) is 2.83. The van der Waals surface area contributed by atoms with Crippen LogP contribution in [0.1, 0.15) is 10.4 Å². The van der Waals surface area contributed by atoms with Crippen LogP contribution in [0.2, 0.25) is 5.28 Å². The third kappa shape index (κ3) is 2.67. The lowest BCUT2D eigenvalue weighted by Gasteiger charge is -2.06. The summed E-state index contributed by atoms with van der Waals surface area (Å²) < 4.78 is 19.7. The van der Waals surface area contributed by atoms with E-state index in [9.17, 15) is 9.18 Å². The van der Waals surface area contributed by atoms with Crippen LogP contribution in [0.5, 0.6) is 5.75 Å². The lowest BCUT2D eigenvalue weighted by Crippen LogP contribution is -2.10. The van der Waals surface area contributed by atoms with E-state index in [0.29, 0.717) is 16.8 Å². The lowest BCUT2D eigenvalue weighted by molar-refractivity contribution is 0.0973. The molecule has 0 bridgehead atoms. The Kier molecular flexibility index (Phi) is 3.81. The summed E-state index contributed by atoms with van der Waals surface area (Å²) >= 11 is 6.12. The number of imidazole rings is 1. The van der Waals surface area contributed by atoms with E-state index in [-0.39, 0.29) is 23.4 Å². The Morgan fingerprint density at radius 2 is 2.00 bits per heavy atom. The Morgan fingerprint density at radius 1 is 1.27 bits per heavy atom. The number of halogens is 2. The second-order valence-corrected chi connectivity index (χ2v) is 5.09. The molecule has 0 spiro atoms. The van der Waals surface area contributed by atoms with Crippen LogP contribution in [0.3, 0.4) is 0 Å². The third-order valence-electron chi connectivity index (χ3n) is 3.38. The molecule has 22 heavy (non-hydrogen) atoms. The minimum atomic E-state index is -0.380. The fraction of sp³-hybridized carbons (Fsp3) is 0.125. The number of ketones is 1. The van der Waals surface area contributed by atoms with E-state index in [0.717, 1.165) is 5.52 Å². The summed E-state index contributed by atoms with van der Waals surface area (Å²) in [5.74, 6) is 0.116. The normalized spacial score (nSPS) is 10.9. The van der Waals surface area contributed by atoms with Gasteiger partial charge in [-0.3, -0.25) is 4.79 Å². The van der Waals surface area contributed by atoms with E-state index in [1.165, 1.54) is 24.3 Å². The standard InChI is InChI=1S/C16H12ClFN2O2/c1-22-12-6-7-14-13(8-12)19-16(17)20(14)9-15(21)10-2-4-11(18)5-3-10/h2-8H,9H2,1H3. The summed E-state index contributed by atoms with van der Waals surface area (Å²) in [6.07, 6.45) is 0. The van der Waals surface area contributed by atoms with Gasteiger partial charge in [0.05, 0.1) is 24.7 Å². The number of carbonyl (C=O) groups is 1. The molecule has 0 aliphatic carbocycles. The maximum absolute atomic E-state index is 12.9. The zero-order chi connectivity index (χ0) is 15.7. The van der Waals surface area contributed by atoms with E-state index in [4.69, 9.17) is 16.3 Å². The highest BCUT2D eigenvalue weighted by Crippen LogP contribution is 2.24. The van der Waals surface area contributed by atoms with Crippen molar-refractivity contribution in [3.8, 4) is 5.75 Å². The van der Waals surface area contributed by atoms with Crippen molar-refractivity contribution in [1.29, 1.82) is 0 Å². The number of hydrogen-bond acceptors (Lipinski definition) is 3. The molecule has 0 unspecified atom stereocenters. The van der Waals surface area contributed by atoms with E-state index < -0.39 is 0 Å². The van der Waals surface area contributed by atoms with Gasteiger partial charge in [0.15, 0.2) is 5.78 Å². The van der Waals surface area contributed by atoms with Gasteiger partial charge in [-0.05, 0) is 48.0 Å². The summed E-state index contributed by atoms with van der Waals surface area (Å²) in [5, 5.41) is 0.221. The van der Waals surface area contributed by atoms with E-state index in [2.05, 4.69) is 4.98 Å². The Labute approximate surface area is 131 Å². The predicted molar refractivity (Wildman–Crippen MR) is 82.0 cm³/mol. The Hall–Kier alpha value is -2.40. The Bertz CT molecular complexity index is 843. The molecule has 4 nitrogen and oxygen atoms in total. The molecule has 1 heterocycles. The fourth-order valence-corrected chi connectivity index (χ4v) is 2.47. The molecule has 2 aromatic carbocycles. The zero-order valence-corrected chi connectivity index (χ0v) is 12.5. The average molecular weight is 319 g/mol. The van der Waals surface area contributed by atoms with Crippen LogP contribution in [0.25, 0.3) is 11.0 Å². The first kappa shape index (κ1) is 14.5. The highest BCUT2D eigenvalue weighted by molar-refractivity contribution is 6.29. The van der Waals surface area contributed by atoms with Gasteiger partial charge >= 0.3 is 0 Å². The molecular formula is C16H12ClFN2O2. The smallest absolute Gasteiger partial charge is 0.204 e. The molecule has 3 aromatic rings. The largest absolute Gasteiger partial charge is 0.497 e.